The highest BCUT2D eigenvalue weighted by atomic mass is 35.5. The van der Waals surface area contributed by atoms with Gasteiger partial charge in [-0.05, 0) is 18.6 Å². The number of nitrogens with one attached hydrogen (secondary N) is 3. The van der Waals surface area contributed by atoms with Crippen LogP contribution in [-0.2, 0) is 0 Å². The summed E-state index contributed by atoms with van der Waals surface area (Å²) >= 11 is 6.24. The van der Waals surface area contributed by atoms with Crippen molar-refractivity contribution in [2.24, 2.45) is 0 Å². The fourth-order valence-electron chi connectivity index (χ4n) is 2.16. The smallest absolute Gasteiger partial charge is 0.226 e. The van der Waals surface area contributed by atoms with Crippen LogP contribution >= 0.6 is 11.6 Å². The Hall–Kier alpha value is -2.34. The van der Waals surface area contributed by atoms with Crippen LogP contribution in [-0.4, -0.2) is 27.0 Å². The topological polar surface area (TPSA) is 78.5 Å². The van der Waals surface area contributed by atoms with Crippen LogP contribution in [0.3, 0.4) is 0 Å². The lowest BCUT2D eigenvalue weighted by atomic mass is 10.1. The molecule has 0 saturated heterocycles. The molecule has 21 heavy (non-hydrogen) atoms. The first-order chi connectivity index (χ1) is 10.2. The van der Waals surface area contributed by atoms with E-state index in [0.717, 1.165) is 16.1 Å². The van der Waals surface area contributed by atoms with Gasteiger partial charge in [0.2, 0.25) is 5.95 Å². The van der Waals surface area contributed by atoms with E-state index < -0.39 is 0 Å². The van der Waals surface area contributed by atoms with Crippen molar-refractivity contribution in [3.63, 3.8) is 0 Å². The Morgan fingerprint density at radius 2 is 2.05 bits per heavy atom. The van der Waals surface area contributed by atoms with E-state index in [1.165, 1.54) is 0 Å². The molecule has 0 spiro atoms. The Kier molecular flexibility index (Phi) is 3.62. The fraction of sp³-hybridized carbons (Fsp3) is 0.214. The molecule has 3 aromatic rings. The molecule has 0 aliphatic rings. The number of benzene rings is 1. The van der Waals surface area contributed by atoms with Crippen LogP contribution < -0.4 is 10.6 Å². The predicted octanol–water partition coefficient (Wildman–Crippen LogP) is 3.22. The largest absolute Gasteiger partial charge is 0.362 e. The number of aromatic amines is 1. The van der Waals surface area contributed by atoms with Crippen molar-refractivity contribution in [3.05, 3.63) is 41.2 Å². The van der Waals surface area contributed by atoms with Crippen molar-refractivity contribution in [1.82, 2.24) is 19.9 Å². The molecule has 0 fully saturated rings. The molecule has 108 valence electrons. The maximum atomic E-state index is 6.24. The third kappa shape index (κ3) is 2.62. The molecule has 0 aliphatic heterocycles. The van der Waals surface area contributed by atoms with Gasteiger partial charge in [-0.15, -0.1) is 0 Å². The molecule has 2 heterocycles. The number of aromatic nitrogens is 4. The number of nitrogens with zero attached hydrogens (tertiary/aromatic N) is 3. The summed E-state index contributed by atoms with van der Waals surface area (Å²) in [5.74, 6) is 1.21. The normalized spacial score (nSPS) is 12.3. The molecule has 6 nitrogen and oxygen atoms in total. The van der Waals surface area contributed by atoms with E-state index in [9.17, 15) is 0 Å². The average molecular weight is 303 g/mol. The first-order valence-electron chi connectivity index (χ1n) is 6.59. The third-order valence-corrected chi connectivity index (χ3v) is 3.58. The van der Waals surface area contributed by atoms with Gasteiger partial charge in [-0.25, -0.2) is 4.98 Å². The van der Waals surface area contributed by atoms with E-state index in [1.54, 1.807) is 13.4 Å². The SMILES string of the molecule is CNc1nc(NC(C)c2ccccc2Cl)c2[nH]cnc2n1. The van der Waals surface area contributed by atoms with Crippen LogP contribution in [0.25, 0.3) is 11.2 Å². The van der Waals surface area contributed by atoms with Gasteiger partial charge in [-0.3, -0.25) is 0 Å². The van der Waals surface area contributed by atoms with Crippen LogP contribution in [0.15, 0.2) is 30.6 Å². The first kappa shape index (κ1) is 13.6. The van der Waals surface area contributed by atoms with Gasteiger partial charge >= 0.3 is 0 Å². The van der Waals surface area contributed by atoms with Crippen LogP contribution in [0.1, 0.15) is 18.5 Å². The van der Waals surface area contributed by atoms with Crippen LogP contribution in [0.5, 0.6) is 0 Å². The van der Waals surface area contributed by atoms with Gasteiger partial charge in [0.25, 0.3) is 0 Å². The zero-order chi connectivity index (χ0) is 14.8. The quantitative estimate of drug-likeness (QED) is 0.689. The summed E-state index contributed by atoms with van der Waals surface area (Å²) in [6.07, 6.45) is 1.60. The van der Waals surface area contributed by atoms with Gasteiger partial charge in [-0.1, -0.05) is 29.8 Å². The van der Waals surface area contributed by atoms with E-state index in [-0.39, 0.29) is 6.04 Å². The Morgan fingerprint density at radius 1 is 1.24 bits per heavy atom. The van der Waals surface area contributed by atoms with E-state index in [2.05, 4.69) is 30.6 Å². The molecule has 3 N–H and O–H groups in total. The number of hydrogen-bond acceptors (Lipinski definition) is 5. The molecule has 0 amide bonds. The average Bonchev–Trinajstić information content (AvgIpc) is 2.96. The van der Waals surface area contributed by atoms with Crippen molar-refractivity contribution in [1.29, 1.82) is 0 Å². The van der Waals surface area contributed by atoms with Gasteiger partial charge < -0.3 is 15.6 Å². The molecule has 2 aromatic heterocycles. The summed E-state index contributed by atoms with van der Waals surface area (Å²) in [5, 5.41) is 7.01. The number of imidazole rings is 1. The molecule has 3 rings (SSSR count). The summed E-state index contributed by atoms with van der Waals surface area (Å²) < 4.78 is 0. The minimum atomic E-state index is 0.00445. The van der Waals surface area contributed by atoms with Gasteiger partial charge in [0, 0.05) is 12.1 Å². The number of anilines is 2. The Balaban J connectivity index is 1.97. The third-order valence-electron chi connectivity index (χ3n) is 3.23. The van der Waals surface area contributed by atoms with Crippen molar-refractivity contribution < 1.29 is 0 Å². The lowest BCUT2D eigenvalue weighted by molar-refractivity contribution is 0.875. The maximum Gasteiger partial charge on any atom is 0.226 e. The summed E-state index contributed by atoms with van der Waals surface area (Å²) in [6.45, 7) is 2.03. The fourth-order valence-corrected chi connectivity index (χ4v) is 2.46. The highest BCUT2D eigenvalue weighted by molar-refractivity contribution is 6.31. The number of hydrogen-bond donors (Lipinski definition) is 3. The predicted molar refractivity (Wildman–Crippen MR) is 84.7 cm³/mol. The van der Waals surface area contributed by atoms with Crippen molar-refractivity contribution in [3.8, 4) is 0 Å². The molecule has 0 bridgehead atoms. The number of halogens is 1. The summed E-state index contributed by atoms with van der Waals surface area (Å²) in [7, 11) is 1.77. The molecule has 1 unspecified atom stereocenters. The molecule has 7 heteroatoms. The van der Waals surface area contributed by atoms with Crippen molar-refractivity contribution in [2.45, 2.75) is 13.0 Å². The molecule has 1 aromatic carbocycles. The van der Waals surface area contributed by atoms with Crippen LogP contribution in [0.2, 0.25) is 5.02 Å². The molecular formula is C14H15ClN6. The van der Waals surface area contributed by atoms with Gasteiger partial charge in [0.05, 0.1) is 12.4 Å². The van der Waals surface area contributed by atoms with Crippen molar-refractivity contribution in [2.75, 3.05) is 17.7 Å². The number of rotatable bonds is 4. The molecular weight excluding hydrogens is 288 g/mol. The number of H-pyrrole nitrogens is 1. The standard InChI is InChI=1S/C14H15ClN6/c1-8(9-5-3-4-6-10(9)15)19-13-11-12(18-7-17-11)20-14(16-2)21-13/h3-8H,1-2H3,(H3,16,17,18,19,20,21). The van der Waals surface area contributed by atoms with Crippen molar-refractivity contribution >= 4 is 34.5 Å². The molecule has 0 saturated carbocycles. The van der Waals surface area contributed by atoms with Gasteiger partial charge in [0.15, 0.2) is 11.5 Å². The summed E-state index contributed by atoms with van der Waals surface area (Å²) in [5.41, 5.74) is 2.40. The molecule has 0 radical (unpaired) electrons. The second-order valence-electron chi connectivity index (χ2n) is 4.63. The minimum Gasteiger partial charge on any atom is -0.362 e. The lowest BCUT2D eigenvalue weighted by Gasteiger charge is -2.17. The Bertz CT molecular complexity index is 769. The van der Waals surface area contributed by atoms with Crippen LogP contribution in [0, 0.1) is 0 Å². The second kappa shape index (κ2) is 5.57. The lowest BCUT2D eigenvalue weighted by Crippen LogP contribution is -2.10. The monoisotopic (exact) mass is 302 g/mol. The molecule has 0 aliphatic carbocycles. The van der Waals surface area contributed by atoms with Gasteiger partial charge in [0.1, 0.15) is 5.52 Å². The van der Waals surface area contributed by atoms with E-state index >= 15 is 0 Å². The summed E-state index contributed by atoms with van der Waals surface area (Å²) in [4.78, 5) is 15.9. The Morgan fingerprint density at radius 3 is 2.81 bits per heavy atom. The van der Waals surface area contributed by atoms with Crippen LogP contribution in [0.4, 0.5) is 11.8 Å². The maximum absolute atomic E-state index is 6.24. The zero-order valence-electron chi connectivity index (χ0n) is 11.7. The zero-order valence-corrected chi connectivity index (χ0v) is 12.4. The van der Waals surface area contributed by atoms with E-state index in [1.807, 2.05) is 31.2 Å². The van der Waals surface area contributed by atoms with E-state index in [4.69, 9.17) is 11.6 Å². The first-order valence-corrected chi connectivity index (χ1v) is 6.96. The van der Waals surface area contributed by atoms with Gasteiger partial charge in [-0.2, -0.15) is 9.97 Å². The summed E-state index contributed by atoms with van der Waals surface area (Å²) in [6, 6.07) is 7.74. The molecule has 1 atom stereocenters. The highest BCUT2D eigenvalue weighted by Crippen LogP contribution is 2.27. The number of fused-ring (bicyclic) bond motifs is 1. The highest BCUT2D eigenvalue weighted by Gasteiger charge is 2.14. The second-order valence-corrected chi connectivity index (χ2v) is 5.04. The minimum absolute atomic E-state index is 0.00445. The Labute approximate surface area is 127 Å². The van der Waals surface area contributed by atoms with E-state index in [0.29, 0.717) is 17.4 Å².